The predicted octanol–water partition coefficient (Wildman–Crippen LogP) is 9.83. The van der Waals surface area contributed by atoms with Gasteiger partial charge in [-0.3, -0.25) is 0 Å². The number of likely N-dealkylation sites (tertiary alicyclic amines) is 1. The van der Waals surface area contributed by atoms with Crippen LogP contribution in [-0.4, -0.2) is 40.5 Å². The van der Waals surface area contributed by atoms with Crippen molar-refractivity contribution in [2.24, 2.45) is 34.5 Å². The van der Waals surface area contributed by atoms with Gasteiger partial charge in [0, 0.05) is 34.6 Å². The van der Waals surface area contributed by atoms with Crippen molar-refractivity contribution >= 4 is 12.6 Å². The average molecular weight is 584 g/mol. The zero-order valence-electron chi connectivity index (χ0n) is 28.7. The van der Waals surface area contributed by atoms with E-state index in [1.54, 1.807) is 0 Å². The summed E-state index contributed by atoms with van der Waals surface area (Å²) in [5.41, 5.74) is 4.42. The lowest BCUT2D eigenvalue weighted by Gasteiger charge is -2.52. The van der Waals surface area contributed by atoms with Gasteiger partial charge in [0.15, 0.2) is 0 Å². The van der Waals surface area contributed by atoms with Crippen molar-refractivity contribution < 1.29 is 0 Å². The molecule has 0 radical (unpaired) electrons. The molecule has 41 heavy (non-hydrogen) atoms. The highest BCUT2D eigenvalue weighted by Gasteiger charge is 2.45. The van der Waals surface area contributed by atoms with Gasteiger partial charge in [0.2, 0.25) is 0 Å². The molecule has 4 heteroatoms. The van der Waals surface area contributed by atoms with Crippen LogP contribution >= 0.6 is 12.6 Å². The normalized spacial score (nSPS) is 22.6. The van der Waals surface area contributed by atoms with Crippen molar-refractivity contribution in [3.05, 3.63) is 60.5 Å². The predicted molar refractivity (Wildman–Crippen MR) is 186 cm³/mol. The summed E-state index contributed by atoms with van der Waals surface area (Å²) in [5, 5.41) is 3.86. The molecule has 234 valence electrons. The Morgan fingerprint density at radius 1 is 0.976 bits per heavy atom. The Kier molecular flexibility index (Phi) is 12.0. The molecule has 0 amide bonds. The molecular weight excluding hydrogens is 518 g/mol. The monoisotopic (exact) mass is 583 g/mol. The number of nitrogens with one attached hydrogen (secondary N) is 1. The fourth-order valence-electron chi connectivity index (χ4n) is 7.07. The second-order valence-corrected chi connectivity index (χ2v) is 16.4. The molecule has 0 spiro atoms. The summed E-state index contributed by atoms with van der Waals surface area (Å²) in [4.78, 5) is 5.96. The van der Waals surface area contributed by atoms with E-state index in [1.807, 2.05) is 0 Å². The standard InChI is InChI=1S/C37H65N3S/c1-17-34(36(11,12)13)40(24(4)5)35(37(14,15)16)28(9)39-22-31(25(6)23(2)3)21-33(39)27(8)38-32(20-30-18-19-30)26(7)29(10)41/h23,25,30-35,38,41H,4,7-10,17-22H2,1-3,5-6,11-16H3. The van der Waals surface area contributed by atoms with Crippen LogP contribution in [0.5, 0.6) is 0 Å². The fraction of sp³-hybridized carbons (Fsp3) is 0.730. The first-order chi connectivity index (χ1) is 18.7. The number of thiol groups is 1. The summed E-state index contributed by atoms with van der Waals surface area (Å²) in [6.07, 6.45) is 5.80. The van der Waals surface area contributed by atoms with Gasteiger partial charge in [0.05, 0.1) is 18.1 Å². The first-order valence-electron chi connectivity index (χ1n) is 16.1. The van der Waals surface area contributed by atoms with Crippen LogP contribution in [-0.2, 0) is 0 Å². The van der Waals surface area contributed by atoms with Crippen molar-refractivity contribution in [3.8, 4) is 0 Å². The zero-order chi connectivity index (χ0) is 31.6. The van der Waals surface area contributed by atoms with Gasteiger partial charge in [0.25, 0.3) is 0 Å². The third-order valence-corrected chi connectivity index (χ3v) is 10.2. The minimum absolute atomic E-state index is 0.0394. The summed E-state index contributed by atoms with van der Waals surface area (Å²) < 4.78 is 0. The van der Waals surface area contributed by atoms with E-state index in [0.29, 0.717) is 23.8 Å². The quantitative estimate of drug-likeness (QED) is 0.148. The largest absolute Gasteiger partial charge is 0.380 e. The van der Waals surface area contributed by atoms with Crippen LogP contribution in [0.25, 0.3) is 0 Å². The van der Waals surface area contributed by atoms with Gasteiger partial charge in [-0.15, -0.1) is 12.6 Å². The molecule has 3 nitrogen and oxygen atoms in total. The van der Waals surface area contributed by atoms with Crippen molar-refractivity contribution in [1.29, 1.82) is 0 Å². The number of nitrogens with zero attached hydrogens (tertiary/aromatic N) is 2. The van der Waals surface area contributed by atoms with E-state index in [9.17, 15) is 0 Å². The van der Waals surface area contributed by atoms with Crippen molar-refractivity contribution in [1.82, 2.24) is 15.1 Å². The van der Waals surface area contributed by atoms with Crippen LogP contribution in [0.4, 0.5) is 0 Å². The molecule has 6 unspecified atom stereocenters. The summed E-state index contributed by atoms with van der Waals surface area (Å²) >= 11 is 4.57. The maximum atomic E-state index is 4.91. The molecule has 0 bridgehead atoms. The van der Waals surface area contributed by atoms with Gasteiger partial charge in [-0.25, -0.2) is 0 Å². The minimum atomic E-state index is -0.0394. The molecule has 1 aliphatic carbocycles. The van der Waals surface area contributed by atoms with E-state index < -0.39 is 0 Å². The summed E-state index contributed by atoms with van der Waals surface area (Å²) in [6.45, 7) is 49.3. The van der Waals surface area contributed by atoms with E-state index in [1.165, 1.54) is 18.5 Å². The van der Waals surface area contributed by atoms with E-state index in [-0.39, 0.29) is 29.0 Å². The molecule has 0 aromatic carbocycles. The highest BCUT2D eigenvalue weighted by Crippen LogP contribution is 2.44. The Hall–Kier alpha value is -1.55. The zero-order valence-corrected chi connectivity index (χ0v) is 29.6. The van der Waals surface area contributed by atoms with Crippen LogP contribution in [0, 0.1) is 34.5 Å². The maximum Gasteiger partial charge on any atom is 0.0732 e. The van der Waals surface area contributed by atoms with Gasteiger partial charge in [-0.1, -0.05) is 115 Å². The van der Waals surface area contributed by atoms with E-state index >= 15 is 0 Å². The fourth-order valence-corrected chi connectivity index (χ4v) is 7.22. The van der Waals surface area contributed by atoms with Gasteiger partial charge >= 0.3 is 0 Å². The van der Waals surface area contributed by atoms with Crippen molar-refractivity contribution in [3.63, 3.8) is 0 Å². The molecule has 1 aliphatic heterocycles. The highest BCUT2D eigenvalue weighted by molar-refractivity contribution is 7.84. The molecule has 1 heterocycles. The van der Waals surface area contributed by atoms with Gasteiger partial charge in [-0.2, -0.15) is 0 Å². The molecule has 0 aromatic rings. The summed E-state index contributed by atoms with van der Waals surface area (Å²) in [5.74, 6) is 2.57. The molecule has 2 rings (SSSR count). The van der Waals surface area contributed by atoms with Gasteiger partial charge < -0.3 is 15.1 Å². The third kappa shape index (κ3) is 8.97. The van der Waals surface area contributed by atoms with Crippen LogP contribution in [0.2, 0.25) is 0 Å². The Morgan fingerprint density at radius 2 is 1.54 bits per heavy atom. The smallest absolute Gasteiger partial charge is 0.0732 e. The van der Waals surface area contributed by atoms with Gasteiger partial charge in [-0.05, 0) is 66.3 Å². The summed E-state index contributed by atoms with van der Waals surface area (Å²) in [7, 11) is 0. The average Bonchev–Trinajstić information content (AvgIpc) is 3.54. The van der Waals surface area contributed by atoms with Crippen LogP contribution < -0.4 is 5.32 Å². The number of hydrogen-bond acceptors (Lipinski definition) is 4. The van der Waals surface area contributed by atoms with E-state index in [2.05, 4.69) is 130 Å². The minimum Gasteiger partial charge on any atom is -0.380 e. The topological polar surface area (TPSA) is 18.5 Å². The second-order valence-electron chi connectivity index (χ2n) is 15.8. The molecule has 0 aromatic heterocycles. The molecule has 6 atom stereocenters. The van der Waals surface area contributed by atoms with Gasteiger partial charge in [0.1, 0.15) is 0 Å². The van der Waals surface area contributed by atoms with Crippen LogP contribution in [0.1, 0.15) is 108 Å². The first kappa shape index (κ1) is 35.6. The SMILES string of the molecule is C=C(S)C(=C)C(CC1CC1)NC(=C)C1CC(C(C)C(C)C)CN1C(=C)C(N(C(=C)C)C(CC)C(C)(C)C)C(C)(C)C. The Balaban J connectivity index is 2.54. The third-order valence-electron chi connectivity index (χ3n) is 9.89. The van der Waals surface area contributed by atoms with Crippen molar-refractivity contribution in [2.45, 2.75) is 132 Å². The lowest BCUT2D eigenvalue weighted by molar-refractivity contribution is 0.0402. The molecular formula is C37H65N3S. The Labute approximate surface area is 261 Å². The first-order valence-corrected chi connectivity index (χ1v) is 16.6. The van der Waals surface area contributed by atoms with Crippen molar-refractivity contribution in [2.75, 3.05) is 6.54 Å². The lowest BCUT2D eigenvalue weighted by atomic mass is 9.77. The molecule has 1 saturated carbocycles. The molecule has 2 fully saturated rings. The Bertz CT molecular complexity index is 973. The second kappa shape index (κ2) is 13.8. The lowest BCUT2D eigenvalue weighted by Crippen LogP contribution is -2.56. The number of rotatable bonds is 15. The summed E-state index contributed by atoms with van der Waals surface area (Å²) in [6, 6.07) is 0.749. The number of allylic oxidation sites excluding steroid dienone is 1. The highest BCUT2D eigenvalue weighted by atomic mass is 32.1. The maximum absolute atomic E-state index is 4.91. The Morgan fingerprint density at radius 3 is 1.93 bits per heavy atom. The van der Waals surface area contributed by atoms with Crippen LogP contribution in [0.15, 0.2) is 60.5 Å². The molecule has 2 aliphatic rings. The van der Waals surface area contributed by atoms with Crippen LogP contribution in [0.3, 0.4) is 0 Å². The molecule has 1 saturated heterocycles. The van der Waals surface area contributed by atoms with E-state index in [0.717, 1.165) is 53.6 Å². The molecule has 1 N–H and O–H groups in total. The number of hydrogen-bond donors (Lipinski definition) is 2. The van der Waals surface area contributed by atoms with E-state index in [4.69, 9.17) is 6.58 Å².